The monoisotopic (exact) mass is 773 g/mol. The molecule has 0 heterocycles. The van der Waals surface area contributed by atoms with Crippen LogP contribution in [0.2, 0.25) is 0 Å². The second-order valence-corrected chi connectivity index (χ2v) is 10.5. The highest BCUT2D eigenvalue weighted by atomic mass is 127. The third kappa shape index (κ3) is 7.24. The molecule has 0 amide bonds. The second kappa shape index (κ2) is 10.5. The molecule has 10 nitrogen and oxygen atoms in total. The molecule has 0 fully saturated rings. The van der Waals surface area contributed by atoms with Crippen molar-refractivity contribution >= 4 is 95.5 Å². The highest BCUT2D eigenvalue weighted by Crippen LogP contribution is 2.27. The molecule has 2 rings (SSSR count). The molecule has 14 heteroatoms. The van der Waals surface area contributed by atoms with Crippen LogP contribution in [0.1, 0.15) is 15.9 Å². The van der Waals surface area contributed by atoms with Crippen molar-refractivity contribution in [2.45, 2.75) is 6.61 Å². The van der Waals surface area contributed by atoms with E-state index < -0.39 is 45.0 Å². The number of hydrogen-bond acceptors (Lipinski definition) is 8. The molecule has 2 aromatic rings. The van der Waals surface area contributed by atoms with Gasteiger partial charge in [0.25, 0.3) is 15.8 Å². The average Bonchev–Trinajstić information content (AvgIpc) is 2.61. The highest BCUT2D eigenvalue weighted by molar-refractivity contribution is 14.1. The smallest absolute Gasteiger partial charge is 0.344 e. The van der Waals surface area contributed by atoms with E-state index in [0.717, 1.165) is 19.3 Å². The van der Waals surface area contributed by atoms with E-state index >= 15 is 0 Å². The first kappa shape index (κ1) is 25.1. The Morgan fingerprint density at radius 3 is 2.40 bits per heavy atom. The topological polar surface area (TPSA) is 150 Å². The zero-order valence-electron chi connectivity index (χ0n) is 14.5. The number of carbonyl (C=O) groups is 2. The summed E-state index contributed by atoms with van der Waals surface area (Å²) in [5, 5.41) is 11.2. The molecule has 2 aromatic carbocycles. The van der Waals surface area contributed by atoms with Crippen LogP contribution >= 0.6 is 67.8 Å². The van der Waals surface area contributed by atoms with Gasteiger partial charge in [-0.25, -0.2) is 4.79 Å². The van der Waals surface area contributed by atoms with Crippen molar-refractivity contribution in [2.75, 3.05) is 5.75 Å². The maximum absolute atomic E-state index is 12.5. The largest absolute Gasteiger partial charge is 0.460 e. The van der Waals surface area contributed by atoms with Crippen LogP contribution in [0.15, 0.2) is 30.3 Å². The van der Waals surface area contributed by atoms with Crippen molar-refractivity contribution in [3.05, 3.63) is 62.3 Å². The van der Waals surface area contributed by atoms with E-state index in [0.29, 0.717) is 9.13 Å². The molecule has 0 aromatic heterocycles. The van der Waals surface area contributed by atoms with Crippen molar-refractivity contribution in [1.82, 2.24) is 0 Å². The van der Waals surface area contributed by atoms with Crippen LogP contribution in [-0.4, -0.2) is 35.6 Å². The van der Waals surface area contributed by atoms with E-state index in [1.807, 2.05) is 28.7 Å². The lowest BCUT2D eigenvalue weighted by molar-refractivity contribution is -0.385. The number of benzene rings is 2. The van der Waals surface area contributed by atoms with E-state index in [1.165, 1.54) is 6.07 Å². The number of nitro groups is 1. The van der Waals surface area contributed by atoms with Crippen LogP contribution in [0.3, 0.4) is 0 Å². The standard InChI is InChI=1S/C16H10I3NO9S/c17-9-4-11(15(19)12(18)5-9)16(22)29-10-1-2-13(20(23)24)8(3-10)6-28-14(21)7-30(25,26)27/h1-5H,6-7H2,(H,25,26,27). The summed E-state index contributed by atoms with van der Waals surface area (Å²) in [6, 6.07) is 6.94. The first-order valence-electron chi connectivity index (χ1n) is 7.62. The maximum Gasteiger partial charge on any atom is 0.344 e. The molecule has 0 atom stereocenters. The number of carbonyl (C=O) groups excluding carboxylic acids is 2. The fourth-order valence-corrected chi connectivity index (χ4v) is 4.89. The summed E-state index contributed by atoms with van der Waals surface area (Å²) in [5.74, 6) is -3.30. The normalized spacial score (nSPS) is 11.1. The SMILES string of the molecule is O=C(CS(=O)(=O)O)OCc1cc(OC(=O)c2cc(I)cc(I)c2I)ccc1[N+](=O)[O-]. The van der Waals surface area contributed by atoms with Gasteiger partial charge in [0.15, 0.2) is 5.75 Å². The molecule has 30 heavy (non-hydrogen) atoms. The Bertz CT molecular complexity index is 1140. The van der Waals surface area contributed by atoms with Crippen LogP contribution in [0, 0.1) is 20.8 Å². The summed E-state index contributed by atoms with van der Waals surface area (Å²) >= 11 is 6.14. The van der Waals surface area contributed by atoms with Crippen molar-refractivity contribution in [2.24, 2.45) is 0 Å². The van der Waals surface area contributed by atoms with Gasteiger partial charge in [-0.05, 0) is 92.0 Å². The first-order valence-corrected chi connectivity index (χ1v) is 12.5. The summed E-state index contributed by atoms with van der Waals surface area (Å²) in [4.78, 5) is 34.4. The van der Waals surface area contributed by atoms with E-state index in [2.05, 4.69) is 49.9 Å². The van der Waals surface area contributed by atoms with Gasteiger partial charge in [0.1, 0.15) is 12.4 Å². The highest BCUT2D eigenvalue weighted by Gasteiger charge is 2.21. The summed E-state index contributed by atoms with van der Waals surface area (Å²) in [6.07, 6.45) is 0. The molecular formula is C16H10I3NO9S. The van der Waals surface area contributed by atoms with Gasteiger partial charge in [-0.2, -0.15) is 8.42 Å². The van der Waals surface area contributed by atoms with Crippen LogP contribution < -0.4 is 4.74 Å². The minimum Gasteiger partial charge on any atom is -0.460 e. The molecule has 160 valence electrons. The fraction of sp³-hybridized carbons (Fsp3) is 0.125. The number of rotatable bonds is 7. The van der Waals surface area contributed by atoms with Gasteiger partial charge in [-0.3, -0.25) is 19.5 Å². The summed E-state index contributed by atoms with van der Waals surface area (Å²) in [7, 11) is -4.60. The Labute approximate surface area is 211 Å². The van der Waals surface area contributed by atoms with Gasteiger partial charge in [-0.15, -0.1) is 0 Å². The van der Waals surface area contributed by atoms with Crippen LogP contribution in [-0.2, 0) is 26.3 Å². The third-order valence-electron chi connectivity index (χ3n) is 3.36. The lowest BCUT2D eigenvalue weighted by Crippen LogP contribution is -2.18. The molecular weight excluding hydrogens is 763 g/mol. The number of nitrogens with zero attached hydrogens (tertiary/aromatic N) is 1. The Balaban J connectivity index is 2.26. The van der Waals surface area contributed by atoms with Crippen LogP contribution in [0.4, 0.5) is 5.69 Å². The van der Waals surface area contributed by atoms with Crippen molar-refractivity contribution in [3.63, 3.8) is 0 Å². The molecule has 0 radical (unpaired) electrons. The van der Waals surface area contributed by atoms with Crippen molar-refractivity contribution in [3.8, 4) is 5.75 Å². The molecule has 0 aliphatic heterocycles. The molecule has 0 saturated carbocycles. The second-order valence-electron chi connectivity index (χ2n) is 5.57. The van der Waals surface area contributed by atoms with E-state index in [4.69, 9.17) is 9.29 Å². The number of nitro benzene ring substituents is 1. The molecule has 0 bridgehead atoms. The molecule has 1 N–H and O–H groups in total. The lowest BCUT2D eigenvalue weighted by atomic mass is 10.2. The fourth-order valence-electron chi connectivity index (χ4n) is 2.13. The van der Waals surface area contributed by atoms with Crippen molar-refractivity contribution in [1.29, 1.82) is 0 Å². The Morgan fingerprint density at radius 2 is 1.80 bits per heavy atom. The third-order valence-corrected chi connectivity index (χ3v) is 7.63. The predicted molar refractivity (Wildman–Crippen MR) is 129 cm³/mol. The number of ether oxygens (including phenoxy) is 2. The minimum atomic E-state index is -4.60. The van der Waals surface area contributed by atoms with Gasteiger partial charge in [0, 0.05) is 16.8 Å². The van der Waals surface area contributed by atoms with Gasteiger partial charge < -0.3 is 9.47 Å². The van der Waals surface area contributed by atoms with Crippen LogP contribution in [0.5, 0.6) is 5.75 Å². The van der Waals surface area contributed by atoms with Gasteiger partial charge in [0.2, 0.25) is 0 Å². The van der Waals surface area contributed by atoms with E-state index in [1.54, 1.807) is 6.07 Å². The molecule has 0 unspecified atom stereocenters. The van der Waals surface area contributed by atoms with Crippen LogP contribution in [0.25, 0.3) is 0 Å². The number of hydrogen-bond donors (Lipinski definition) is 1. The molecule has 0 saturated heterocycles. The Hall–Kier alpha value is -1.12. The first-order chi connectivity index (χ1) is 13.9. The summed E-state index contributed by atoms with van der Waals surface area (Å²) in [6.45, 7) is -0.658. The number of esters is 2. The molecule has 0 spiro atoms. The van der Waals surface area contributed by atoms with Crippen molar-refractivity contribution < 1.29 is 37.0 Å². The maximum atomic E-state index is 12.5. The van der Waals surface area contributed by atoms with Gasteiger partial charge >= 0.3 is 11.9 Å². The number of halogens is 3. The zero-order chi connectivity index (χ0) is 22.6. The van der Waals surface area contributed by atoms with Gasteiger partial charge in [0.05, 0.1) is 16.1 Å². The lowest BCUT2D eigenvalue weighted by Gasteiger charge is -2.10. The average molecular weight is 773 g/mol. The summed E-state index contributed by atoms with van der Waals surface area (Å²) in [5.41, 5.74) is -0.236. The molecule has 0 aliphatic rings. The Kier molecular flexibility index (Phi) is 8.77. The quantitative estimate of drug-likeness (QED) is 0.0849. The van der Waals surface area contributed by atoms with E-state index in [-0.39, 0.29) is 11.3 Å². The minimum absolute atomic E-state index is 0.0314. The van der Waals surface area contributed by atoms with Gasteiger partial charge in [-0.1, -0.05) is 0 Å². The Morgan fingerprint density at radius 1 is 1.13 bits per heavy atom. The molecule has 0 aliphatic carbocycles. The zero-order valence-corrected chi connectivity index (χ0v) is 21.8. The summed E-state index contributed by atoms with van der Waals surface area (Å²) < 4.78 is 42.4. The van der Waals surface area contributed by atoms with E-state index in [9.17, 15) is 28.1 Å². The predicted octanol–water partition coefficient (Wildman–Crippen LogP) is 3.56.